The number of ether oxygens (including phenoxy) is 4. The molecule has 2 aromatic carbocycles. The van der Waals surface area contributed by atoms with E-state index < -0.39 is 23.2 Å². The first-order chi connectivity index (χ1) is 14.3. The second-order valence-corrected chi connectivity index (χ2v) is 7.49. The average molecular weight is 435 g/mol. The largest absolute Gasteiger partial charge is 0.612 e. The van der Waals surface area contributed by atoms with E-state index >= 15 is 0 Å². The van der Waals surface area contributed by atoms with E-state index in [0.717, 1.165) is 0 Å². The molecule has 0 radical (unpaired) electrons. The second kappa shape index (κ2) is 10.8. The molecule has 2 atom stereocenters. The van der Waals surface area contributed by atoms with Crippen LogP contribution in [0.1, 0.15) is 22.7 Å². The van der Waals surface area contributed by atoms with Crippen LogP contribution >= 0.6 is 0 Å². The van der Waals surface area contributed by atoms with Crippen LogP contribution in [-0.4, -0.2) is 44.1 Å². The Labute approximate surface area is 178 Å². The van der Waals surface area contributed by atoms with Gasteiger partial charge in [-0.15, -0.1) is 0 Å². The van der Waals surface area contributed by atoms with E-state index in [1.165, 1.54) is 33.8 Å². The summed E-state index contributed by atoms with van der Waals surface area (Å²) < 4.78 is 33.8. The van der Waals surface area contributed by atoms with Crippen LogP contribution in [0.2, 0.25) is 0 Å². The van der Waals surface area contributed by atoms with Crippen molar-refractivity contribution in [2.24, 2.45) is 5.73 Å². The molecule has 0 amide bonds. The van der Waals surface area contributed by atoms with Crippen molar-refractivity contribution in [2.45, 2.75) is 11.8 Å². The van der Waals surface area contributed by atoms with Crippen molar-refractivity contribution in [1.29, 1.82) is 0 Å². The molecular weight excluding hydrogens is 410 g/mol. The molecule has 0 spiro atoms. The lowest BCUT2D eigenvalue weighted by molar-refractivity contribution is -0.138. The summed E-state index contributed by atoms with van der Waals surface area (Å²) in [5.41, 5.74) is 7.34. The molecule has 0 saturated carbocycles. The van der Waals surface area contributed by atoms with Crippen LogP contribution in [-0.2, 0) is 21.7 Å². The maximum absolute atomic E-state index is 12.6. The minimum Gasteiger partial charge on any atom is -0.612 e. The molecule has 0 aliphatic rings. The topological polar surface area (TPSA) is 123 Å². The van der Waals surface area contributed by atoms with Gasteiger partial charge in [-0.1, -0.05) is 6.07 Å². The Morgan fingerprint density at radius 3 is 2.17 bits per heavy atom. The van der Waals surface area contributed by atoms with Gasteiger partial charge in [0.15, 0.2) is 0 Å². The van der Waals surface area contributed by atoms with Gasteiger partial charge in [-0.2, -0.15) is 0 Å². The normalized spacial score (nSPS) is 13.0. The van der Waals surface area contributed by atoms with Gasteiger partial charge < -0.3 is 34.3 Å². The quantitative estimate of drug-likeness (QED) is 0.546. The fourth-order valence-electron chi connectivity index (χ4n) is 2.80. The average Bonchev–Trinajstić information content (AvgIpc) is 2.76. The highest BCUT2D eigenvalue weighted by Gasteiger charge is 2.20. The Morgan fingerprint density at radius 1 is 1.07 bits per heavy atom. The number of hydrogen-bond donors (Lipinski definition) is 2. The predicted octanol–water partition coefficient (Wildman–Crippen LogP) is 2.73. The van der Waals surface area contributed by atoms with Crippen molar-refractivity contribution in [2.75, 3.05) is 28.4 Å². The number of carboxylic acid groups (broad SMARTS) is 1. The van der Waals surface area contributed by atoms with Crippen molar-refractivity contribution in [3.05, 3.63) is 52.4 Å². The lowest BCUT2D eigenvalue weighted by atomic mass is 10.0. The minimum absolute atomic E-state index is 0.167. The molecule has 0 heterocycles. The second-order valence-electron chi connectivity index (χ2n) is 6.17. The summed E-state index contributed by atoms with van der Waals surface area (Å²) >= 11 is -1.39. The molecule has 0 saturated heterocycles. The number of nitrogens with two attached hydrogens (primary N) is 1. The van der Waals surface area contributed by atoms with Crippen LogP contribution in [0, 0.1) is 0 Å². The van der Waals surface area contributed by atoms with E-state index in [9.17, 15) is 14.5 Å². The van der Waals surface area contributed by atoms with Crippen LogP contribution in [0.4, 0.5) is 0 Å². The number of rotatable bonds is 10. The van der Waals surface area contributed by atoms with E-state index in [4.69, 9.17) is 24.7 Å². The number of benzene rings is 2. The van der Waals surface area contributed by atoms with Crippen molar-refractivity contribution in [3.8, 4) is 23.0 Å². The van der Waals surface area contributed by atoms with E-state index in [1.807, 2.05) is 0 Å². The maximum Gasteiger partial charge on any atom is 0.325 e. The standard InChI is InChI=1S/C21H25NO7S/c1-26-14-10-18(28-3)15(19(11-14)29-4)7-8-30(25)12-13-5-6-17(27-2)16(9-13)20(22)21(23)24/h5-11,20H,12,22H2,1-4H3,(H,23,24). The van der Waals surface area contributed by atoms with Gasteiger partial charge in [0.25, 0.3) is 0 Å². The van der Waals surface area contributed by atoms with Gasteiger partial charge in [0, 0.05) is 29.3 Å². The summed E-state index contributed by atoms with van der Waals surface area (Å²) in [6.07, 6.45) is 1.65. The summed E-state index contributed by atoms with van der Waals surface area (Å²) in [4.78, 5) is 11.2. The van der Waals surface area contributed by atoms with E-state index in [1.54, 1.807) is 36.4 Å². The molecular formula is C21H25NO7S. The lowest BCUT2D eigenvalue weighted by Crippen LogP contribution is -2.21. The van der Waals surface area contributed by atoms with E-state index in [-0.39, 0.29) is 5.75 Å². The fourth-order valence-corrected chi connectivity index (χ4v) is 3.70. The van der Waals surface area contributed by atoms with E-state index in [2.05, 4.69) is 0 Å². The predicted molar refractivity (Wildman–Crippen MR) is 115 cm³/mol. The number of hydrogen-bond acceptors (Lipinski definition) is 7. The number of methoxy groups -OCH3 is 4. The third-order valence-electron chi connectivity index (χ3n) is 4.34. The SMILES string of the molecule is COc1cc(OC)c(C=C[S+]([O-])Cc2ccc(OC)c(C(N)C(=O)O)c2)c(OC)c1. The van der Waals surface area contributed by atoms with Gasteiger partial charge in [-0.3, -0.25) is 4.79 Å². The van der Waals surface area contributed by atoms with Crippen LogP contribution in [0.25, 0.3) is 6.08 Å². The zero-order valence-electron chi connectivity index (χ0n) is 17.2. The van der Waals surface area contributed by atoms with E-state index in [0.29, 0.717) is 39.7 Å². The summed E-state index contributed by atoms with van der Waals surface area (Å²) in [6, 6.07) is 7.10. The molecule has 3 N–H and O–H groups in total. The Bertz CT molecular complexity index is 891. The van der Waals surface area contributed by atoms with Gasteiger partial charge in [0.2, 0.25) is 0 Å². The molecule has 2 aromatic rings. The van der Waals surface area contributed by atoms with Gasteiger partial charge in [0.05, 0.1) is 34.0 Å². The first kappa shape index (κ1) is 23.4. The smallest absolute Gasteiger partial charge is 0.325 e. The summed E-state index contributed by atoms with van der Waals surface area (Å²) in [6.45, 7) is 0. The molecule has 0 bridgehead atoms. The highest BCUT2D eigenvalue weighted by Crippen LogP contribution is 2.35. The molecule has 8 nitrogen and oxygen atoms in total. The van der Waals surface area contributed by atoms with Gasteiger partial charge in [-0.05, 0) is 23.3 Å². The summed E-state index contributed by atoms with van der Waals surface area (Å²) in [7, 11) is 6.02. The Morgan fingerprint density at radius 2 is 1.67 bits per heavy atom. The van der Waals surface area contributed by atoms with Crippen molar-refractivity contribution in [1.82, 2.24) is 0 Å². The van der Waals surface area contributed by atoms with Crippen LogP contribution in [0.3, 0.4) is 0 Å². The molecule has 0 aromatic heterocycles. The van der Waals surface area contributed by atoms with Gasteiger partial charge in [-0.25, -0.2) is 0 Å². The number of carbonyl (C=O) groups is 1. The fraction of sp³-hybridized carbons (Fsp3) is 0.286. The van der Waals surface area contributed by atoms with Gasteiger partial charge >= 0.3 is 5.97 Å². The summed E-state index contributed by atoms with van der Waals surface area (Å²) in [5, 5.41) is 10.7. The maximum atomic E-state index is 12.6. The minimum atomic E-state index is -1.39. The first-order valence-electron chi connectivity index (χ1n) is 8.85. The van der Waals surface area contributed by atoms with Crippen molar-refractivity contribution >= 4 is 23.2 Å². The molecule has 0 aliphatic carbocycles. The molecule has 9 heteroatoms. The molecule has 2 unspecified atom stereocenters. The van der Waals surface area contributed by atoms with Gasteiger partial charge in [0.1, 0.15) is 40.2 Å². The third kappa shape index (κ3) is 5.59. The van der Waals surface area contributed by atoms with Crippen molar-refractivity contribution < 1.29 is 33.4 Å². The molecule has 162 valence electrons. The van der Waals surface area contributed by atoms with Crippen molar-refractivity contribution in [3.63, 3.8) is 0 Å². The number of aliphatic carboxylic acids is 1. The first-order valence-corrected chi connectivity index (χ1v) is 10.2. The van der Waals surface area contributed by atoms with Crippen LogP contribution in [0.15, 0.2) is 35.7 Å². The third-order valence-corrected chi connectivity index (χ3v) is 5.40. The molecule has 0 fully saturated rings. The molecule has 0 aliphatic heterocycles. The Balaban J connectivity index is 2.26. The molecule has 30 heavy (non-hydrogen) atoms. The van der Waals surface area contributed by atoms with Crippen LogP contribution < -0.4 is 24.7 Å². The van der Waals surface area contributed by atoms with Crippen LogP contribution in [0.5, 0.6) is 23.0 Å². The molecule has 2 rings (SSSR count). The Hall–Kier alpha value is -2.88. The zero-order chi connectivity index (χ0) is 22.3. The highest BCUT2D eigenvalue weighted by molar-refractivity contribution is 7.93. The number of carboxylic acids is 1. The monoisotopic (exact) mass is 435 g/mol. The zero-order valence-corrected chi connectivity index (χ0v) is 18.0. The summed E-state index contributed by atoms with van der Waals surface area (Å²) in [5.74, 6) is 0.952. The highest BCUT2D eigenvalue weighted by atomic mass is 32.2. The Kier molecular flexibility index (Phi) is 8.40. The lowest BCUT2D eigenvalue weighted by Gasteiger charge is -2.15.